The van der Waals surface area contributed by atoms with Crippen LogP contribution in [-0.4, -0.2) is 53.4 Å². The molecule has 1 aromatic carbocycles. The predicted molar refractivity (Wildman–Crippen MR) is 111 cm³/mol. The highest BCUT2D eigenvalue weighted by molar-refractivity contribution is 5.98. The summed E-state index contributed by atoms with van der Waals surface area (Å²) in [6.07, 6.45) is 1.52. The lowest BCUT2D eigenvalue weighted by atomic mass is 10.1. The third-order valence-corrected chi connectivity index (χ3v) is 4.66. The summed E-state index contributed by atoms with van der Waals surface area (Å²) in [7, 11) is 0. The minimum absolute atomic E-state index is 0.130. The molecular weight excluding hydrogens is 352 g/mol. The zero-order valence-corrected chi connectivity index (χ0v) is 17.0. The summed E-state index contributed by atoms with van der Waals surface area (Å²) < 4.78 is 0. The number of anilines is 1. The van der Waals surface area contributed by atoms with E-state index in [0.717, 1.165) is 13.1 Å². The van der Waals surface area contributed by atoms with Gasteiger partial charge in [0.15, 0.2) is 0 Å². The Bertz CT molecular complexity index is 865. The predicted octanol–water partition coefficient (Wildman–Crippen LogP) is 2.88. The molecule has 148 valence electrons. The van der Waals surface area contributed by atoms with Gasteiger partial charge < -0.3 is 15.1 Å². The van der Waals surface area contributed by atoms with Gasteiger partial charge in [-0.1, -0.05) is 12.1 Å². The van der Waals surface area contributed by atoms with Crippen molar-refractivity contribution in [2.24, 2.45) is 0 Å². The van der Waals surface area contributed by atoms with Gasteiger partial charge in [-0.15, -0.1) is 0 Å². The van der Waals surface area contributed by atoms with E-state index in [2.05, 4.69) is 46.4 Å². The van der Waals surface area contributed by atoms with Crippen LogP contribution in [-0.2, 0) is 0 Å². The Balaban J connectivity index is 1.65. The molecule has 1 N–H and O–H groups in total. The highest BCUT2D eigenvalue weighted by Crippen LogP contribution is 2.18. The van der Waals surface area contributed by atoms with Crippen LogP contribution in [0.15, 0.2) is 42.6 Å². The van der Waals surface area contributed by atoms with Gasteiger partial charge in [-0.05, 0) is 57.5 Å². The molecule has 0 radical (unpaired) electrons. The zero-order valence-electron chi connectivity index (χ0n) is 17.0. The van der Waals surface area contributed by atoms with Crippen molar-refractivity contribution in [3.05, 3.63) is 59.4 Å². The van der Waals surface area contributed by atoms with Crippen molar-refractivity contribution in [3.8, 4) is 0 Å². The van der Waals surface area contributed by atoms with Gasteiger partial charge in [-0.3, -0.25) is 14.6 Å². The van der Waals surface area contributed by atoms with Crippen LogP contribution in [0.4, 0.5) is 5.69 Å². The number of piperazine rings is 1. The summed E-state index contributed by atoms with van der Waals surface area (Å²) in [4.78, 5) is 33.5. The van der Waals surface area contributed by atoms with Gasteiger partial charge in [0.2, 0.25) is 0 Å². The van der Waals surface area contributed by atoms with Crippen LogP contribution >= 0.6 is 0 Å². The fourth-order valence-corrected chi connectivity index (χ4v) is 3.26. The molecule has 1 aromatic heterocycles. The molecule has 6 heteroatoms. The molecule has 0 saturated carbocycles. The van der Waals surface area contributed by atoms with E-state index in [1.165, 1.54) is 17.4 Å². The molecule has 3 rings (SSSR count). The molecule has 0 bridgehead atoms. The minimum atomic E-state index is -0.337. The van der Waals surface area contributed by atoms with Gasteiger partial charge in [0.1, 0.15) is 5.69 Å². The van der Waals surface area contributed by atoms with Gasteiger partial charge in [0.05, 0.1) is 0 Å². The Kier molecular flexibility index (Phi) is 5.68. The van der Waals surface area contributed by atoms with E-state index >= 15 is 0 Å². The largest absolute Gasteiger partial charge is 0.368 e. The van der Waals surface area contributed by atoms with Crippen LogP contribution in [0.2, 0.25) is 0 Å². The average Bonchev–Trinajstić information content (AvgIpc) is 2.66. The van der Waals surface area contributed by atoms with Crippen molar-refractivity contribution in [2.45, 2.75) is 33.2 Å². The number of aryl methyl sites for hydroxylation is 1. The van der Waals surface area contributed by atoms with Crippen LogP contribution in [0.1, 0.15) is 47.2 Å². The van der Waals surface area contributed by atoms with E-state index in [-0.39, 0.29) is 17.4 Å². The van der Waals surface area contributed by atoms with Gasteiger partial charge >= 0.3 is 0 Å². The number of amides is 2. The van der Waals surface area contributed by atoms with Gasteiger partial charge in [-0.25, -0.2) is 0 Å². The second kappa shape index (κ2) is 8.00. The van der Waals surface area contributed by atoms with E-state index in [1.54, 1.807) is 17.0 Å². The molecule has 1 saturated heterocycles. The zero-order chi connectivity index (χ0) is 20.3. The Morgan fingerprint density at radius 1 is 1.04 bits per heavy atom. The monoisotopic (exact) mass is 380 g/mol. The van der Waals surface area contributed by atoms with Gasteiger partial charge in [-0.2, -0.15) is 0 Å². The Morgan fingerprint density at radius 2 is 1.75 bits per heavy atom. The number of carbonyl (C=O) groups excluding carboxylic acids is 2. The van der Waals surface area contributed by atoms with Crippen molar-refractivity contribution in [2.75, 3.05) is 31.1 Å². The minimum Gasteiger partial charge on any atom is -0.368 e. The first-order chi connectivity index (χ1) is 13.2. The number of nitrogens with zero attached hydrogens (tertiary/aromatic N) is 3. The lowest BCUT2D eigenvalue weighted by Gasteiger charge is -2.36. The van der Waals surface area contributed by atoms with Crippen LogP contribution in [0.5, 0.6) is 0 Å². The maximum Gasteiger partial charge on any atom is 0.272 e. The van der Waals surface area contributed by atoms with Crippen LogP contribution in [0, 0.1) is 6.92 Å². The molecule has 1 fully saturated rings. The van der Waals surface area contributed by atoms with Crippen molar-refractivity contribution in [3.63, 3.8) is 0 Å². The van der Waals surface area contributed by atoms with Crippen LogP contribution < -0.4 is 10.2 Å². The molecular formula is C22H28N4O2. The number of carbonyl (C=O) groups is 2. The number of pyridine rings is 1. The molecule has 0 atom stereocenters. The summed E-state index contributed by atoms with van der Waals surface area (Å²) in [5.74, 6) is -0.331. The standard InChI is InChI=1S/C22H28N4O2/c1-16-6-5-7-18(14-16)25-10-12-26(13-11-25)21(28)19-15-17(8-9-23-19)20(27)24-22(2,3)4/h5-9,14-15H,10-13H2,1-4H3,(H,24,27). The third-order valence-electron chi connectivity index (χ3n) is 4.66. The molecule has 28 heavy (non-hydrogen) atoms. The highest BCUT2D eigenvalue weighted by atomic mass is 16.2. The molecule has 2 heterocycles. The summed E-state index contributed by atoms with van der Waals surface area (Å²) in [5.41, 5.74) is 2.84. The number of rotatable bonds is 3. The first kappa shape index (κ1) is 19.9. The number of hydrogen-bond donors (Lipinski definition) is 1. The maximum atomic E-state index is 12.9. The Labute approximate surface area is 166 Å². The summed E-state index contributed by atoms with van der Waals surface area (Å²) >= 11 is 0. The van der Waals surface area contributed by atoms with E-state index in [0.29, 0.717) is 24.3 Å². The molecule has 0 unspecified atom stereocenters. The van der Waals surface area contributed by atoms with Crippen molar-refractivity contribution >= 4 is 17.5 Å². The lowest BCUT2D eigenvalue weighted by Crippen LogP contribution is -2.49. The van der Waals surface area contributed by atoms with Crippen molar-refractivity contribution < 1.29 is 9.59 Å². The summed E-state index contributed by atoms with van der Waals surface area (Å²) in [5, 5.41) is 2.91. The van der Waals surface area contributed by atoms with Crippen LogP contribution in [0.25, 0.3) is 0 Å². The van der Waals surface area contributed by atoms with E-state index < -0.39 is 0 Å². The van der Waals surface area contributed by atoms with E-state index in [1.807, 2.05) is 20.8 Å². The van der Waals surface area contributed by atoms with Gasteiger partial charge in [0.25, 0.3) is 11.8 Å². The first-order valence-corrected chi connectivity index (χ1v) is 9.62. The maximum absolute atomic E-state index is 12.9. The third kappa shape index (κ3) is 4.88. The number of nitrogens with one attached hydrogen (secondary N) is 1. The number of benzene rings is 1. The molecule has 0 spiro atoms. The SMILES string of the molecule is Cc1cccc(N2CCN(C(=O)c3cc(C(=O)NC(C)(C)C)ccn3)CC2)c1. The second-order valence-corrected chi connectivity index (χ2v) is 8.25. The molecule has 1 aliphatic heterocycles. The second-order valence-electron chi connectivity index (χ2n) is 8.25. The molecule has 0 aliphatic carbocycles. The Hall–Kier alpha value is -2.89. The molecule has 2 amide bonds. The fourth-order valence-electron chi connectivity index (χ4n) is 3.26. The molecule has 6 nitrogen and oxygen atoms in total. The van der Waals surface area contributed by atoms with E-state index in [9.17, 15) is 9.59 Å². The van der Waals surface area contributed by atoms with E-state index in [4.69, 9.17) is 0 Å². The molecule has 1 aliphatic rings. The quantitative estimate of drug-likeness (QED) is 0.889. The Morgan fingerprint density at radius 3 is 2.39 bits per heavy atom. The van der Waals surface area contributed by atoms with Crippen molar-refractivity contribution in [1.82, 2.24) is 15.2 Å². The summed E-state index contributed by atoms with van der Waals surface area (Å²) in [6.45, 7) is 10.7. The fraction of sp³-hybridized carbons (Fsp3) is 0.409. The normalized spacial score (nSPS) is 14.7. The van der Waals surface area contributed by atoms with Crippen molar-refractivity contribution in [1.29, 1.82) is 0 Å². The average molecular weight is 380 g/mol. The van der Waals surface area contributed by atoms with Crippen LogP contribution in [0.3, 0.4) is 0 Å². The summed E-state index contributed by atoms with van der Waals surface area (Å²) in [6, 6.07) is 11.6. The topological polar surface area (TPSA) is 65.5 Å². The lowest BCUT2D eigenvalue weighted by molar-refractivity contribution is 0.0741. The molecule has 2 aromatic rings. The van der Waals surface area contributed by atoms with Gasteiger partial charge in [0, 0.05) is 49.2 Å². The smallest absolute Gasteiger partial charge is 0.272 e. The number of aromatic nitrogens is 1. The number of hydrogen-bond acceptors (Lipinski definition) is 4. The first-order valence-electron chi connectivity index (χ1n) is 9.62. The highest BCUT2D eigenvalue weighted by Gasteiger charge is 2.24.